The molecule has 0 aliphatic rings. The van der Waals surface area contributed by atoms with E-state index in [1.165, 1.54) is 11.1 Å². The maximum Gasteiger partial charge on any atom is 0.260 e. The number of rotatable bonds is 8. The van der Waals surface area contributed by atoms with E-state index < -0.39 is 15.9 Å². The van der Waals surface area contributed by atoms with E-state index >= 15 is 0 Å². The summed E-state index contributed by atoms with van der Waals surface area (Å²) >= 11 is 0. The SMILES string of the molecule is CCc1ccc(N(CC(=O)N/N=C\c2cc(C)n(-c3c(C)cccc3C)c2C)S(C)(=O)=O)cc1. The van der Waals surface area contributed by atoms with Crippen molar-refractivity contribution < 1.29 is 13.2 Å². The van der Waals surface area contributed by atoms with Gasteiger partial charge in [0.15, 0.2) is 0 Å². The number of hydrogen-bond donors (Lipinski definition) is 1. The van der Waals surface area contributed by atoms with Crippen LogP contribution in [-0.4, -0.2) is 37.9 Å². The van der Waals surface area contributed by atoms with Crippen molar-refractivity contribution in [2.45, 2.75) is 41.0 Å². The van der Waals surface area contributed by atoms with Gasteiger partial charge in [0.25, 0.3) is 5.91 Å². The van der Waals surface area contributed by atoms with Crippen LogP contribution in [0.5, 0.6) is 0 Å². The zero-order valence-electron chi connectivity index (χ0n) is 20.6. The molecule has 0 unspecified atom stereocenters. The third-order valence-electron chi connectivity index (χ3n) is 5.85. The maximum atomic E-state index is 12.5. The van der Waals surface area contributed by atoms with E-state index in [0.717, 1.165) is 45.2 Å². The quantitative estimate of drug-likeness (QED) is 0.388. The molecule has 180 valence electrons. The van der Waals surface area contributed by atoms with Crippen molar-refractivity contribution in [2.75, 3.05) is 17.1 Å². The Balaban J connectivity index is 1.76. The molecular formula is C26H32N4O3S. The van der Waals surface area contributed by atoms with Gasteiger partial charge in [0.1, 0.15) is 6.54 Å². The highest BCUT2D eigenvalue weighted by molar-refractivity contribution is 7.92. The van der Waals surface area contributed by atoms with Crippen LogP contribution in [0, 0.1) is 27.7 Å². The lowest BCUT2D eigenvalue weighted by atomic mass is 10.1. The molecule has 0 atom stereocenters. The zero-order valence-corrected chi connectivity index (χ0v) is 21.4. The fourth-order valence-electron chi connectivity index (χ4n) is 4.06. The molecule has 0 fully saturated rings. The second-order valence-corrected chi connectivity index (χ2v) is 10.4. The fraction of sp³-hybridized carbons (Fsp3) is 0.308. The second kappa shape index (κ2) is 10.3. The van der Waals surface area contributed by atoms with Gasteiger partial charge in [-0.2, -0.15) is 5.10 Å². The summed E-state index contributed by atoms with van der Waals surface area (Å²) in [7, 11) is -3.64. The first-order chi connectivity index (χ1) is 16.0. The average molecular weight is 481 g/mol. The molecule has 2 aromatic carbocycles. The van der Waals surface area contributed by atoms with Crippen molar-refractivity contribution >= 4 is 27.8 Å². The summed E-state index contributed by atoms with van der Waals surface area (Å²) in [5, 5.41) is 4.09. The van der Waals surface area contributed by atoms with Gasteiger partial charge in [-0.25, -0.2) is 13.8 Å². The molecule has 0 bridgehead atoms. The zero-order chi connectivity index (χ0) is 25.0. The summed E-state index contributed by atoms with van der Waals surface area (Å²) < 4.78 is 27.8. The highest BCUT2D eigenvalue weighted by atomic mass is 32.2. The lowest BCUT2D eigenvalue weighted by molar-refractivity contribution is -0.119. The Morgan fingerprint density at radius 2 is 1.68 bits per heavy atom. The third-order valence-corrected chi connectivity index (χ3v) is 6.99. The normalized spacial score (nSPS) is 11.7. The van der Waals surface area contributed by atoms with E-state index in [4.69, 9.17) is 0 Å². The van der Waals surface area contributed by atoms with Crippen molar-refractivity contribution in [1.82, 2.24) is 9.99 Å². The molecule has 1 amide bonds. The number of hydrogen-bond acceptors (Lipinski definition) is 4. The Morgan fingerprint density at radius 3 is 2.24 bits per heavy atom. The van der Waals surface area contributed by atoms with Crippen LogP contribution < -0.4 is 9.73 Å². The lowest BCUT2D eigenvalue weighted by Crippen LogP contribution is -2.39. The molecule has 0 radical (unpaired) electrons. The Morgan fingerprint density at radius 1 is 1.06 bits per heavy atom. The first-order valence-corrected chi connectivity index (χ1v) is 13.0. The molecule has 0 saturated carbocycles. The summed E-state index contributed by atoms with van der Waals surface area (Å²) in [5.74, 6) is -0.523. The van der Waals surface area contributed by atoms with Gasteiger partial charge >= 0.3 is 0 Å². The standard InChI is InChI=1S/C26H32N4O3S/c1-7-22-11-13-24(14-12-22)29(34(6,32)33)17-25(31)28-27-16-23-15-20(4)30(21(23)5)26-18(2)9-8-10-19(26)3/h8-16H,7,17H2,1-6H3,(H,28,31)/b27-16-. The van der Waals surface area contributed by atoms with Crippen molar-refractivity contribution in [2.24, 2.45) is 5.10 Å². The number of anilines is 1. The van der Waals surface area contributed by atoms with E-state index in [1.807, 2.05) is 45.0 Å². The number of carbonyl (C=O) groups excluding carboxylic acids is 1. The first kappa shape index (κ1) is 25.2. The predicted molar refractivity (Wildman–Crippen MR) is 138 cm³/mol. The predicted octanol–water partition coefficient (Wildman–Crippen LogP) is 4.19. The Hall–Kier alpha value is -3.39. The Labute approximate surface area is 202 Å². The number of sulfonamides is 1. The number of nitrogens with one attached hydrogen (secondary N) is 1. The topological polar surface area (TPSA) is 83.8 Å². The van der Waals surface area contributed by atoms with Crippen molar-refractivity contribution in [3.05, 3.63) is 82.2 Å². The van der Waals surface area contributed by atoms with E-state index in [0.29, 0.717) is 5.69 Å². The van der Waals surface area contributed by atoms with E-state index in [1.54, 1.807) is 18.3 Å². The van der Waals surface area contributed by atoms with Crippen molar-refractivity contribution in [1.29, 1.82) is 0 Å². The smallest absolute Gasteiger partial charge is 0.260 e. The molecular weight excluding hydrogens is 448 g/mol. The number of nitrogens with zero attached hydrogens (tertiary/aromatic N) is 3. The Bertz CT molecular complexity index is 1300. The highest BCUT2D eigenvalue weighted by Gasteiger charge is 2.21. The number of amides is 1. The molecule has 0 saturated heterocycles. The summed E-state index contributed by atoms with van der Waals surface area (Å²) in [6, 6.07) is 15.3. The van der Waals surface area contributed by atoms with Gasteiger partial charge in [0.05, 0.1) is 23.8 Å². The summed E-state index contributed by atoms with van der Waals surface area (Å²) in [5.41, 5.74) is 10.4. The molecule has 1 heterocycles. The largest absolute Gasteiger partial charge is 0.317 e. The van der Waals surface area contributed by atoms with Crippen LogP contribution >= 0.6 is 0 Å². The van der Waals surface area contributed by atoms with E-state index in [-0.39, 0.29) is 6.54 Å². The molecule has 1 aromatic heterocycles. The highest BCUT2D eigenvalue weighted by Crippen LogP contribution is 2.25. The number of para-hydroxylation sites is 1. The van der Waals surface area contributed by atoms with Gasteiger partial charge in [-0.1, -0.05) is 37.3 Å². The molecule has 34 heavy (non-hydrogen) atoms. The number of aromatic nitrogens is 1. The van der Waals surface area contributed by atoms with Crippen molar-refractivity contribution in [3.63, 3.8) is 0 Å². The molecule has 0 aliphatic carbocycles. The van der Waals surface area contributed by atoms with Crippen LogP contribution in [0.4, 0.5) is 5.69 Å². The van der Waals surface area contributed by atoms with Crippen LogP contribution in [-0.2, 0) is 21.2 Å². The van der Waals surface area contributed by atoms with Gasteiger partial charge in [-0.3, -0.25) is 9.10 Å². The van der Waals surface area contributed by atoms with Gasteiger partial charge in [0.2, 0.25) is 10.0 Å². The third kappa shape index (κ3) is 5.56. The maximum absolute atomic E-state index is 12.5. The number of carbonyl (C=O) groups is 1. The van der Waals surface area contributed by atoms with Gasteiger partial charge in [-0.15, -0.1) is 0 Å². The molecule has 8 heteroatoms. The summed E-state index contributed by atoms with van der Waals surface area (Å²) in [6.45, 7) is 9.87. The second-order valence-electron chi connectivity index (χ2n) is 8.49. The minimum atomic E-state index is -3.64. The molecule has 0 aliphatic heterocycles. The molecule has 3 rings (SSSR count). The number of hydrazone groups is 1. The first-order valence-electron chi connectivity index (χ1n) is 11.2. The minimum Gasteiger partial charge on any atom is -0.317 e. The van der Waals surface area contributed by atoms with E-state index in [2.05, 4.69) is 41.1 Å². The lowest BCUT2D eigenvalue weighted by Gasteiger charge is -2.21. The van der Waals surface area contributed by atoms with Crippen LogP contribution in [0.25, 0.3) is 5.69 Å². The number of aryl methyl sites for hydroxylation is 4. The molecule has 1 N–H and O–H groups in total. The summed E-state index contributed by atoms with van der Waals surface area (Å²) in [4.78, 5) is 12.5. The van der Waals surface area contributed by atoms with Crippen LogP contribution in [0.1, 0.15) is 40.6 Å². The number of benzene rings is 2. The van der Waals surface area contributed by atoms with E-state index in [9.17, 15) is 13.2 Å². The molecule has 7 nitrogen and oxygen atoms in total. The molecule has 3 aromatic rings. The van der Waals surface area contributed by atoms with Crippen molar-refractivity contribution in [3.8, 4) is 5.69 Å². The van der Waals surface area contributed by atoms with Gasteiger partial charge < -0.3 is 4.57 Å². The monoisotopic (exact) mass is 480 g/mol. The fourth-order valence-corrected chi connectivity index (χ4v) is 4.91. The van der Waals surface area contributed by atoms with Gasteiger partial charge in [0, 0.05) is 17.0 Å². The Kier molecular flexibility index (Phi) is 7.61. The minimum absolute atomic E-state index is 0.358. The van der Waals surface area contributed by atoms with Crippen LogP contribution in [0.3, 0.4) is 0 Å². The van der Waals surface area contributed by atoms with Crippen LogP contribution in [0.2, 0.25) is 0 Å². The summed E-state index contributed by atoms with van der Waals surface area (Å²) in [6.07, 6.45) is 3.52. The average Bonchev–Trinajstić information content (AvgIpc) is 3.05. The van der Waals surface area contributed by atoms with Gasteiger partial charge in [-0.05, 0) is 69.0 Å². The van der Waals surface area contributed by atoms with Crippen LogP contribution in [0.15, 0.2) is 53.6 Å². The molecule has 0 spiro atoms.